The van der Waals surface area contributed by atoms with E-state index in [-0.39, 0.29) is 6.61 Å². The predicted molar refractivity (Wildman–Crippen MR) is 61.4 cm³/mol. The SMILES string of the molecule is CCOc1c(Cl)cc(C)cc1C(N)CO. The van der Waals surface area contributed by atoms with E-state index in [9.17, 15) is 0 Å². The molecule has 0 aliphatic rings. The minimum Gasteiger partial charge on any atom is -0.492 e. The zero-order valence-electron chi connectivity index (χ0n) is 8.96. The average Bonchev–Trinajstić information content (AvgIpc) is 2.20. The van der Waals surface area contributed by atoms with E-state index < -0.39 is 6.04 Å². The smallest absolute Gasteiger partial charge is 0.142 e. The lowest BCUT2D eigenvalue weighted by molar-refractivity contribution is 0.261. The van der Waals surface area contributed by atoms with Crippen molar-refractivity contribution in [3.8, 4) is 5.75 Å². The molecule has 1 atom stereocenters. The maximum absolute atomic E-state index is 9.04. The van der Waals surface area contributed by atoms with Crippen LogP contribution in [-0.2, 0) is 0 Å². The zero-order chi connectivity index (χ0) is 11.4. The molecule has 0 fully saturated rings. The summed E-state index contributed by atoms with van der Waals surface area (Å²) >= 11 is 6.05. The summed E-state index contributed by atoms with van der Waals surface area (Å²) in [7, 11) is 0. The van der Waals surface area contributed by atoms with Crippen molar-refractivity contribution in [2.45, 2.75) is 19.9 Å². The number of hydrogen-bond donors (Lipinski definition) is 2. The molecule has 15 heavy (non-hydrogen) atoms. The first-order valence-corrected chi connectivity index (χ1v) is 5.27. The van der Waals surface area contributed by atoms with E-state index >= 15 is 0 Å². The topological polar surface area (TPSA) is 55.5 Å². The molecule has 0 spiro atoms. The third-order valence-electron chi connectivity index (χ3n) is 2.10. The highest BCUT2D eigenvalue weighted by atomic mass is 35.5. The van der Waals surface area contributed by atoms with Crippen LogP contribution in [0.1, 0.15) is 24.1 Å². The number of rotatable bonds is 4. The van der Waals surface area contributed by atoms with Crippen molar-refractivity contribution in [2.24, 2.45) is 5.73 Å². The monoisotopic (exact) mass is 229 g/mol. The molecule has 0 aromatic heterocycles. The van der Waals surface area contributed by atoms with Gasteiger partial charge < -0.3 is 15.6 Å². The summed E-state index contributed by atoms with van der Waals surface area (Å²) in [5, 5.41) is 9.58. The zero-order valence-corrected chi connectivity index (χ0v) is 9.71. The fraction of sp³-hybridized carbons (Fsp3) is 0.455. The van der Waals surface area contributed by atoms with Gasteiger partial charge in [-0.15, -0.1) is 0 Å². The second-order valence-corrected chi connectivity index (χ2v) is 3.79. The first-order valence-electron chi connectivity index (χ1n) is 4.89. The van der Waals surface area contributed by atoms with Crippen LogP contribution in [0.25, 0.3) is 0 Å². The van der Waals surface area contributed by atoms with Gasteiger partial charge in [0.25, 0.3) is 0 Å². The Morgan fingerprint density at radius 1 is 1.53 bits per heavy atom. The molecular weight excluding hydrogens is 214 g/mol. The Morgan fingerprint density at radius 2 is 2.20 bits per heavy atom. The van der Waals surface area contributed by atoms with E-state index in [1.54, 1.807) is 0 Å². The Kier molecular flexibility index (Phi) is 4.39. The number of halogens is 1. The highest BCUT2D eigenvalue weighted by Crippen LogP contribution is 2.33. The largest absolute Gasteiger partial charge is 0.492 e. The van der Waals surface area contributed by atoms with Crippen LogP contribution in [0.2, 0.25) is 5.02 Å². The number of nitrogens with two attached hydrogens (primary N) is 1. The van der Waals surface area contributed by atoms with Gasteiger partial charge in [0.1, 0.15) is 5.75 Å². The van der Waals surface area contributed by atoms with Crippen LogP contribution >= 0.6 is 11.6 Å². The average molecular weight is 230 g/mol. The summed E-state index contributed by atoms with van der Waals surface area (Å²) < 4.78 is 5.42. The first kappa shape index (κ1) is 12.3. The molecule has 3 N–H and O–H groups in total. The van der Waals surface area contributed by atoms with E-state index in [0.29, 0.717) is 17.4 Å². The molecule has 3 nitrogen and oxygen atoms in total. The van der Waals surface area contributed by atoms with Crippen molar-refractivity contribution in [1.82, 2.24) is 0 Å². The second-order valence-electron chi connectivity index (χ2n) is 3.39. The van der Waals surface area contributed by atoms with Crippen LogP contribution in [0.5, 0.6) is 5.75 Å². The van der Waals surface area contributed by atoms with E-state index in [4.69, 9.17) is 27.2 Å². The molecule has 0 bridgehead atoms. The molecule has 0 radical (unpaired) electrons. The maximum Gasteiger partial charge on any atom is 0.142 e. The molecule has 0 saturated heterocycles. The highest BCUT2D eigenvalue weighted by Gasteiger charge is 2.15. The van der Waals surface area contributed by atoms with Crippen LogP contribution in [0.4, 0.5) is 0 Å². The van der Waals surface area contributed by atoms with Gasteiger partial charge in [-0.1, -0.05) is 17.7 Å². The number of benzene rings is 1. The summed E-state index contributed by atoms with van der Waals surface area (Å²) in [4.78, 5) is 0. The van der Waals surface area contributed by atoms with Crippen molar-refractivity contribution in [1.29, 1.82) is 0 Å². The van der Waals surface area contributed by atoms with Crippen LogP contribution in [0.15, 0.2) is 12.1 Å². The van der Waals surface area contributed by atoms with Gasteiger partial charge in [0, 0.05) is 5.56 Å². The number of hydrogen-bond acceptors (Lipinski definition) is 3. The normalized spacial score (nSPS) is 12.6. The Hall–Kier alpha value is -0.770. The van der Waals surface area contributed by atoms with Crippen molar-refractivity contribution in [3.63, 3.8) is 0 Å². The van der Waals surface area contributed by atoms with Gasteiger partial charge in [0.2, 0.25) is 0 Å². The maximum atomic E-state index is 9.04. The van der Waals surface area contributed by atoms with Crippen molar-refractivity contribution < 1.29 is 9.84 Å². The van der Waals surface area contributed by atoms with Crippen LogP contribution in [-0.4, -0.2) is 18.3 Å². The van der Waals surface area contributed by atoms with Gasteiger partial charge in [-0.2, -0.15) is 0 Å². The Bertz CT molecular complexity index is 342. The molecule has 1 aromatic carbocycles. The van der Waals surface area contributed by atoms with E-state index in [0.717, 1.165) is 11.1 Å². The van der Waals surface area contributed by atoms with Gasteiger partial charge in [0.15, 0.2) is 0 Å². The highest BCUT2D eigenvalue weighted by molar-refractivity contribution is 6.32. The molecule has 0 heterocycles. The molecule has 0 saturated carbocycles. The lowest BCUT2D eigenvalue weighted by atomic mass is 10.0. The predicted octanol–water partition coefficient (Wildman–Crippen LogP) is 2.04. The van der Waals surface area contributed by atoms with E-state index in [2.05, 4.69) is 0 Å². The van der Waals surface area contributed by atoms with Gasteiger partial charge in [-0.05, 0) is 25.5 Å². The molecule has 84 valence electrons. The standard InChI is InChI=1S/C11H16ClNO2/c1-3-15-11-8(10(13)6-14)4-7(2)5-9(11)12/h4-5,10,14H,3,6,13H2,1-2H3. The second kappa shape index (κ2) is 5.35. The molecule has 0 aliphatic carbocycles. The van der Waals surface area contributed by atoms with Gasteiger partial charge in [-0.3, -0.25) is 0 Å². The van der Waals surface area contributed by atoms with Crippen molar-refractivity contribution in [3.05, 3.63) is 28.3 Å². The fourth-order valence-corrected chi connectivity index (χ4v) is 1.76. The Morgan fingerprint density at radius 3 is 2.73 bits per heavy atom. The summed E-state index contributed by atoms with van der Waals surface area (Å²) in [5.41, 5.74) is 7.53. The first-order chi connectivity index (χ1) is 7.10. The number of aliphatic hydroxyl groups excluding tert-OH is 1. The fourth-order valence-electron chi connectivity index (χ4n) is 1.43. The Balaban J connectivity index is 3.20. The summed E-state index contributed by atoms with van der Waals surface area (Å²) in [6.07, 6.45) is 0. The van der Waals surface area contributed by atoms with Crippen LogP contribution in [0.3, 0.4) is 0 Å². The third-order valence-corrected chi connectivity index (χ3v) is 2.38. The number of ether oxygens (including phenoxy) is 1. The van der Waals surface area contributed by atoms with Gasteiger partial charge in [-0.25, -0.2) is 0 Å². The number of aryl methyl sites for hydroxylation is 1. The lowest BCUT2D eigenvalue weighted by Crippen LogP contribution is -2.16. The van der Waals surface area contributed by atoms with E-state index in [1.165, 1.54) is 0 Å². The summed E-state index contributed by atoms with van der Waals surface area (Å²) in [5.74, 6) is 0.575. The minimum absolute atomic E-state index is 0.125. The molecule has 1 aromatic rings. The molecular formula is C11H16ClNO2. The summed E-state index contributed by atoms with van der Waals surface area (Å²) in [6.45, 7) is 4.20. The van der Waals surface area contributed by atoms with Crippen molar-refractivity contribution >= 4 is 11.6 Å². The van der Waals surface area contributed by atoms with Crippen LogP contribution in [0, 0.1) is 6.92 Å². The molecule has 0 amide bonds. The minimum atomic E-state index is -0.455. The Labute approximate surface area is 94.8 Å². The quantitative estimate of drug-likeness (QED) is 0.831. The lowest BCUT2D eigenvalue weighted by Gasteiger charge is -2.16. The third kappa shape index (κ3) is 2.84. The van der Waals surface area contributed by atoms with Crippen molar-refractivity contribution in [2.75, 3.05) is 13.2 Å². The van der Waals surface area contributed by atoms with Gasteiger partial charge in [0.05, 0.1) is 24.3 Å². The molecule has 1 unspecified atom stereocenters. The molecule has 0 aliphatic heterocycles. The summed E-state index contributed by atoms with van der Waals surface area (Å²) in [6, 6.07) is 3.25. The molecule has 1 rings (SSSR count). The molecule has 4 heteroatoms. The van der Waals surface area contributed by atoms with Crippen LogP contribution < -0.4 is 10.5 Å². The van der Waals surface area contributed by atoms with E-state index in [1.807, 2.05) is 26.0 Å². The number of aliphatic hydroxyl groups is 1. The van der Waals surface area contributed by atoms with Gasteiger partial charge >= 0.3 is 0 Å².